The Balaban J connectivity index is 1.42. The van der Waals surface area contributed by atoms with Crippen LogP contribution in [0.1, 0.15) is 84.0 Å². The van der Waals surface area contributed by atoms with Crippen molar-refractivity contribution in [2.24, 2.45) is 0 Å². The van der Waals surface area contributed by atoms with Gasteiger partial charge in [-0.1, -0.05) is 87.4 Å². The number of anilines is 6. The average molecular weight is 685 g/mol. The van der Waals surface area contributed by atoms with Gasteiger partial charge in [0, 0.05) is 34.1 Å². The molecule has 266 valence electrons. The van der Waals surface area contributed by atoms with E-state index >= 15 is 0 Å². The van der Waals surface area contributed by atoms with Crippen molar-refractivity contribution in [1.29, 1.82) is 0 Å². The van der Waals surface area contributed by atoms with Crippen LogP contribution in [0.25, 0.3) is 11.1 Å². The van der Waals surface area contributed by atoms with Gasteiger partial charge in [0.1, 0.15) is 0 Å². The maximum atomic E-state index is 2.47. The lowest BCUT2D eigenvalue weighted by Gasteiger charge is -2.30. The van der Waals surface area contributed by atoms with E-state index in [0.717, 1.165) is 12.8 Å². The maximum absolute atomic E-state index is 2.47. The highest BCUT2D eigenvalue weighted by Crippen LogP contribution is 2.43. The molecule has 0 N–H and O–H groups in total. The zero-order valence-corrected chi connectivity index (χ0v) is 32.7. The molecule has 0 fully saturated rings. The molecule has 0 saturated heterocycles. The van der Waals surface area contributed by atoms with Gasteiger partial charge in [0.2, 0.25) is 0 Å². The molecule has 6 rings (SSSR count). The lowest BCUT2D eigenvalue weighted by molar-refractivity contribution is 0.794. The Labute approximate surface area is 313 Å². The van der Waals surface area contributed by atoms with Crippen molar-refractivity contribution in [3.05, 3.63) is 166 Å². The third-order valence-corrected chi connectivity index (χ3v) is 10.8. The lowest BCUT2D eigenvalue weighted by atomic mass is 9.97. The first-order valence-electron chi connectivity index (χ1n) is 19.3. The predicted molar refractivity (Wildman–Crippen MR) is 227 cm³/mol. The normalized spacial score (nSPS) is 11.2. The highest BCUT2D eigenvalue weighted by Gasteiger charge is 2.21. The number of hydrogen-bond donors (Lipinski definition) is 0. The molecule has 0 heterocycles. The summed E-state index contributed by atoms with van der Waals surface area (Å²) in [6.07, 6.45) is 6.85. The fourth-order valence-corrected chi connectivity index (χ4v) is 7.33. The average Bonchev–Trinajstić information content (AvgIpc) is 3.15. The van der Waals surface area contributed by atoms with Crippen LogP contribution in [-0.4, -0.2) is 0 Å². The number of rotatable bonds is 13. The van der Waals surface area contributed by atoms with Crippen molar-refractivity contribution in [2.75, 3.05) is 9.80 Å². The lowest BCUT2D eigenvalue weighted by Crippen LogP contribution is -2.14. The molecule has 6 aromatic carbocycles. The molecule has 0 radical (unpaired) electrons. The zero-order chi connectivity index (χ0) is 36.8. The van der Waals surface area contributed by atoms with Gasteiger partial charge in [-0.05, 0) is 184 Å². The Bertz CT molecular complexity index is 2000. The van der Waals surface area contributed by atoms with Crippen molar-refractivity contribution < 1.29 is 0 Å². The summed E-state index contributed by atoms with van der Waals surface area (Å²) in [6.45, 7) is 17.9. The molecule has 0 aromatic heterocycles. The van der Waals surface area contributed by atoms with Crippen LogP contribution in [0, 0.1) is 41.5 Å². The van der Waals surface area contributed by atoms with Crippen LogP contribution >= 0.6 is 0 Å². The minimum absolute atomic E-state index is 1.07. The van der Waals surface area contributed by atoms with E-state index in [1.165, 1.54) is 115 Å². The van der Waals surface area contributed by atoms with E-state index in [2.05, 4.69) is 187 Å². The van der Waals surface area contributed by atoms with E-state index in [1.54, 1.807) is 0 Å². The first-order chi connectivity index (χ1) is 25.2. The van der Waals surface area contributed by atoms with Gasteiger partial charge in [-0.3, -0.25) is 0 Å². The molecule has 0 aliphatic rings. The fourth-order valence-electron chi connectivity index (χ4n) is 7.33. The van der Waals surface area contributed by atoms with Gasteiger partial charge in [-0.2, -0.15) is 0 Å². The van der Waals surface area contributed by atoms with Crippen LogP contribution in [0.3, 0.4) is 0 Å². The largest absolute Gasteiger partial charge is 0.310 e. The summed E-state index contributed by atoms with van der Waals surface area (Å²) in [5.41, 5.74) is 20.4. The van der Waals surface area contributed by atoms with E-state index in [-0.39, 0.29) is 0 Å². The topological polar surface area (TPSA) is 6.48 Å². The van der Waals surface area contributed by atoms with Crippen molar-refractivity contribution in [2.45, 2.75) is 93.9 Å². The molecule has 52 heavy (non-hydrogen) atoms. The molecule has 0 atom stereocenters. The summed E-state index contributed by atoms with van der Waals surface area (Å²) in [6, 6.07) is 45.6. The SMILES string of the molecule is CCCCc1ccccc1N(c1ccc(C)c(C)c1)c1ccc(-c2ccc(N(c3ccc(C)c(C)c3)c3ccccc3CCCC)c(C)c2)cc1C. The van der Waals surface area contributed by atoms with Crippen LogP contribution < -0.4 is 9.80 Å². The molecule has 0 bridgehead atoms. The van der Waals surface area contributed by atoms with Crippen molar-refractivity contribution in [3.8, 4) is 11.1 Å². The Hall–Kier alpha value is -5.08. The van der Waals surface area contributed by atoms with Gasteiger partial charge >= 0.3 is 0 Å². The summed E-state index contributed by atoms with van der Waals surface area (Å²) >= 11 is 0. The predicted octanol–water partition coefficient (Wildman–Crippen LogP) is 14.8. The highest BCUT2D eigenvalue weighted by atomic mass is 15.2. The van der Waals surface area contributed by atoms with Crippen LogP contribution in [0.5, 0.6) is 0 Å². The Morgan fingerprint density at radius 3 is 1.13 bits per heavy atom. The molecule has 6 aromatic rings. The third kappa shape index (κ3) is 7.87. The first kappa shape index (κ1) is 36.7. The van der Waals surface area contributed by atoms with E-state index in [0.29, 0.717) is 0 Å². The molecule has 0 aliphatic carbocycles. The van der Waals surface area contributed by atoms with Crippen molar-refractivity contribution >= 4 is 34.1 Å². The minimum Gasteiger partial charge on any atom is -0.310 e. The molecule has 2 nitrogen and oxygen atoms in total. The number of benzene rings is 6. The van der Waals surface area contributed by atoms with Gasteiger partial charge in [0.25, 0.3) is 0 Å². The number of para-hydroxylation sites is 2. The molecule has 2 heteroatoms. The third-order valence-electron chi connectivity index (χ3n) is 10.8. The summed E-state index contributed by atoms with van der Waals surface area (Å²) < 4.78 is 0. The standard InChI is InChI=1S/C50H56N2/c1-9-11-17-41-19-13-15-21-49(41)51(45-27-23-35(3)37(5)33-45)47-29-25-43(31-39(47)7)44-26-30-48(40(8)32-44)52(46-28-24-36(4)38(6)34-46)50-22-16-14-20-42(50)18-12-10-2/h13-16,19-34H,9-12,17-18H2,1-8H3. The zero-order valence-electron chi connectivity index (χ0n) is 32.7. The number of hydrogen-bond acceptors (Lipinski definition) is 2. The van der Waals surface area contributed by atoms with Crippen LogP contribution in [0.4, 0.5) is 34.1 Å². The van der Waals surface area contributed by atoms with Gasteiger partial charge in [-0.15, -0.1) is 0 Å². The van der Waals surface area contributed by atoms with E-state index in [4.69, 9.17) is 0 Å². The second-order valence-corrected chi connectivity index (χ2v) is 14.7. The van der Waals surface area contributed by atoms with E-state index < -0.39 is 0 Å². The summed E-state index contributed by atoms with van der Waals surface area (Å²) in [5, 5.41) is 0. The van der Waals surface area contributed by atoms with Gasteiger partial charge < -0.3 is 9.80 Å². The van der Waals surface area contributed by atoms with E-state index in [9.17, 15) is 0 Å². The monoisotopic (exact) mass is 684 g/mol. The molecular formula is C50H56N2. The fraction of sp³-hybridized carbons (Fsp3) is 0.280. The quantitative estimate of drug-likeness (QED) is 0.119. The highest BCUT2D eigenvalue weighted by molar-refractivity contribution is 5.85. The van der Waals surface area contributed by atoms with Crippen molar-refractivity contribution in [1.82, 2.24) is 0 Å². The van der Waals surface area contributed by atoms with Crippen LogP contribution in [-0.2, 0) is 12.8 Å². The van der Waals surface area contributed by atoms with Crippen molar-refractivity contribution in [3.63, 3.8) is 0 Å². The Kier molecular flexibility index (Phi) is 11.7. The molecule has 0 saturated carbocycles. The second kappa shape index (κ2) is 16.5. The summed E-state index contributed by atoms with van der Waals surface area (Å²) in [5.74, 6) is 0. The number of aryl methyl sites for hydroxylation is 8. The van der Waals surface area contributed by atoms with Gasteiger partial charge in [0.05, 0.1) is 0 Å². The van der Waals surface area contributed by atoms with E-state index in [1.807, 2.05) is 0 Å². The van der Waals surface area contributed by atoms with Crippen LogP contribution in [0.15, 0.2) is 121 Å². The molecule has 0 spiro atoms. The smallest absolute Gasteiger partial charge is 0.0493 e. The molecule has 0 unspecified atom stereocenters. The maximum Gasteiger partial charge on any atom is 0.0493 e. The number of unbranched alkanes of at least 4 members (excludes halogenated alkanes) is 2. The second-order valence-electron chi connectivity index (χ2n) is 14.7. The minimum atomic E-state index is 1.07. The Morgan fingerprint density at radius 1 is 0.365 bits per heavy atom. The van der Waals surface area contributed by atoms with Gasteiger partial charge in [0.15, 0.2) is 0 Å². The summed E-state index contributed by atoms with van der Waals surface area (Å²) in [4.78, 5) is 4.95. The molecule has 0 amide bonds. The molecular weight excluding hydrogens is 629 g/mol. The first-order valence-corrected chi connectivity index (χ1v) is 19.3. The van der Waals surface area contributed by atoms with Gasteiger partial charge in [-0.25, -0.2) is 0 Å². The number of nitrogens with zero attached hydrogens (tertiary/aromatic N) is 2. The van der Waals surface area contributed by atoms with Crippen LogP contribution in [0.2, 0.25) is 0 Å². The molecule has 0 aliphatic heterocycles. The summed E-state index contributed by atoms with van der Waals surface area (Å²) in [7, 11) is 0. The Morgan fingerprint density at radius 2 is 0.769 bits per heavy atom.